The average Bonchev–Trinajstić information content (AvgIpc) is 2.72. The summed E-state index contributed by atoms with van der Waals surface area (Å²) in [6.45, 7) is 2.12. The van der Waals surface area contributed by atoms with Crippen molar-refractivity contribution in [3.8, 4) is 0 Å². The zero-order valence-corrected chi connectivity index (χ0v) is 17.6. The lowest BCUT2D eigenvalue weighted by Gasteiger charge is -2.44. The van der Waals surface area contributed by atoms with Gasteiger partial charge in [0.25, 0.3) is 5.56 Å². The minimum Gasteiger partial charge on any atom is -0.469 e. The van der Waals surface area contributed by atoms with E-state index in [1.54, 1.807) is 12.1 Å². The van der Waals surface area contributed by atoms with Crippen LogP contribution in [0, 0.1) is 5.92 Å². The summed E-state index contributed by atoms with van der Waals surface area (Å²) in [4.78, 5) is 37.7. The molecule has 0 aliphatic carbocycles. The molecule has 9 heteroatoms. The smallest absolute Gasteiger partial charge is 0.328 e. The number of likely N-dealkylation sites (tertiary alicyclic amines) is 1. The molecule has 2 aliphatic rings. The first-order valence-electron chi connectivity index (χ1n) is 9.82. The van der Waals surface area contributed by atoms with E-state index < -0.39 is 12.0 Å². The Labute approximate surface area is 175 Å². The number of nitrogens with one attached hydrogen (secondary N) is 1. The summed E-state index contributed by atoms with van der Waals surface area (Å²) >= 11 is 5.59. The molecular formula is C20H27N3O5S. The number of aromatic nitrogens is 1. The van der Waals surface area contributed by atoms with Gasteiger partial charge in [-0.05, 0) is 43.5 Å². The molecule has 3 heterocycles. The van der Waals surface area contributed by atoms with E-state index in [4.69, 9.17) is 17.0 Å². The van der Waals surface area contributed by atoms with Gasteiger partial charge in [-0.3, -0.25) is 9.59 Å². The highest BCUT2D eigenvalue weighted by molar-refractivity contribution is 7.80. The molecule has 0 aromatic carbocycles. The van der Waals surface area contributed by atoms with Crippen LogP contribution in [0.1, 0.15) is 37.3 Å². The fourth-order valence-electron chi connectivity index (χ4n) is 4.25. The third-order valence-corrected chi connectivity index (χ3v) is 6.03. The summed E-state index contributed by atoms with van der Waals surface area (Å²) in [6, 6.07) is 4.79. The van der Waals surface area contributed by atoms with Crippen LogP contribution in [0.2, 0.25) is 0 Å². The number of esters is 2. The zero-order valence-electron chi connectivity index (χ0n) is 16.8. The Bertz CT molecular complexity index is 840. The maximum absolute atomic E-state index is 12.2. The van der Waals surface area contributed by atoms with Crippen LogP contribution in [0.25, 0.3) is 0 Å². The molecule has 2 aliphatic heterocycles. The lowest BCUT2D eigenvalue weighted by atomic mass is 9.83. The molecule has 3 atom stereocenters. The maximum atomic E-state index is 12.2. The molecule has 0 spiro atoms. The molecule has 158 valence electrons. The van der Waals surface area contributed by atoms with Gasteiger partial charge < -0.3 is 24.3 Å². The maximum Gasteiger partial charge on any atom is 0.328 e. The highest BCUT2D eigenvalue weighted by Crippen LogP contribution is 2.34. The van der Waals surface area contributed by atoms with Crippen molar-refractivity contribution in [1.29, 1.82) is 0 Å². The summed E-state index contributed by atoms with van der Waals surface area (Å²) in [5.41, 5.74) is 1.09. The predicted octanol–water partition coefficient (Wildman–Crippen LogP) is 1.03. The second-order valence-corrected chi connectivity index (χ2v) is 7.98. The molecular weight excluding hydrogens is 394 g/mol. The third kappa shape index (κ3) is 4.95. The molecule has 1 fully saturated rings. The molecule has 3 rings (SSSR count). The van der Waals surface area contributed by atoms with Crippen LogP contribution in [0.3, 0.4) is 0 Å². The van der Waals surface area contributed by atoms with Gasteiger partial charge in [0.2, 0.25) is 0 Å². The largest absolute Gasteiger partial charge is 0.469 e. The predicted molar refractivity (Wildman–Crippen MR) is 111 cm³/mol. The highest BCUT2D eigenvalue weighted by atomic mass is 32.1. The van der Waals surface area contributed by atoms with E-state index in [0.29, 0.717) is 37.0 Å². The van der Waals surface area contributed by atoms with Crippen molar-refractivity contribution < 1.29 is 19.1 Å². The fraction of sp³-hybridized carbons (Fsp3) is 0.600. The molecule has 1 N–H and O–H groups in total. The van der Waals surface area contributed by atoms with Gasteiger partial charge in [-0.1, -0.05) is 6.07 Å². The van der Waals surface area contributed by atoms with Crippen molar-refractivity contribution in [1.82, 2.24) is 14.8 Å². The molecule has 1 saturated heterocycles. The van der Waals surface area contributed by atoms with Crippen LogP contribution in [-0.2, 0) is 25.6 Å². The van der Waals surface area contributed by atoms with Gasteiger partial charge in [0, 0.05) is 43.7 Å². The minimum absolute atomic E-state index is 0.0442. The first-order valence-corrected chi connectivity index (χ1v) is 10.2. The van der Waals surface area contributed by atoms with Crippen LogP contribution in [0.15, 0.2) is 23.0 Å². The third-order valence-electron chi connectivity index (χ3n) is 5.65. The number of carbonyl (C=O) groups excluding carboxylic acids is 2. The van der Waals surface area contributed by atoms with Gasteiger partial charge >= 0.3 is 11.9 Å². The van der Waals surface area contributed by atoms with Crippen LogP contribution in [0.4, 0.5) is 0 Å². The molecule has 2 bridgehead atoms. The van der Waals surface area contributed by atoms with E-state index >= 15 is 0 Å². The second kappa shape index (κ2) is 9.39. The second-order valence-electron chi connectivity index (χ2n) is 7.60. The fourth-order valence-corrected chi connectivity index (χ4v) is 4.54. The van der Waals surface area contributed by atoms with Gasteiger partial charge in [-0.25, -0.2) is 4.79 Å². The number of fused-ring (bicyclic) bond motifs is 4. The Morgan fingerprint density at radius 3 is 2.76 bits per heavy atom. The summed E-state index contributed by atoms with van der Waals surface area (Å²) in [5.74, 6) is -0.163. The number of ether oxygens (including phenoxy) is 2. The number of carbonyl (C=O) groups is 2. The SMILES string of the molecule is COC(=O)CCCC(NC(=S)N1CC2C[C@@H](C1)Cn1c2cccc1=O)C(=O)OC. The number of rotatable bonds is 6. The van der Waals surface area contributed by atoms with E-state index in [-0.39, 0.29) is 23.9 Å². The summed E-state index contributed by atoms with van der Waals surface area (Å²) in [6.07, 6.45) is 2.17. The van der Waals surface area contributed by atoms with Gasteiger partial charge in [-0.2, -0.15) is 0 Å². The Morgan fingerprint density at radius 2 is 2.03 bits per heavy atom. The van der Waals surface area contributed by atoms with Crippen LogP contribution in [-0.4, -0.2) is 59.9 Å². The first-order chi connectivity index (χ1) is 13.9. The molecule has 0 amide bonds. The Kier molecular flexibility index (Phi) is 6.89. The van der Waals surface area contributed by atoms with Crippen LogP contribution in [0.5, 0.6) is 0 Å². The first kappa shape index (κ1) is 21.3. The Balaban J connectivity index is 1.64. The van der Waals surface area contributed by atoms with Crippen molar-refractivity contribution in [3.05, 3.63) is 34.2 Å². The number of pyridine rings is 1. The molecule has 0 radical (unpaired) electrons. The summed E-state index contributed by atoms with van der Waals surface area (Å²) in [5, 5.41) is 3.62. The number of methoxy groups -OCH3 is 2. The van der Waals surface area contributed by atoms with Crippen LogP contribution >= 0.6 is 12.2 Å². The molecule has 1 aromatic rings. The van der Waals surface area contributed by atoms with Crippen LogP contribution < -0.4 is 10.9 Å². The van der Waals surface area contributed by atoms with Crippen molar-refractivity contribution in [2.24, 2.45) is 5.92 Å². The van der Waals surface area contributed by atoms with Crippen molar-refractivity contribution in [3.63, 3.8) is 0 Å². The van der Waals surface area contributed by atoms with E-state index in [2.05, 4.69) is 15.0 Å². The van der Waals surface area contributed by atoms with Gasteiger partial charge in [0.05, 0.1) is 14.2 Å². The summed E-state index contributed by atoms with van der Waals surface area (Å²) in [7, 11) is 2.67. The molecule has 1 aromatic heterocycles. The quantitative estimate of drug-likeness (QED) is 0.538. The van der Waals surface area contributed by atoms with E-state index in [0.717, 1.165) is 18.7 Å². The standard InChI is InChI=1S/C20H27N3O5S/c1-27-18(25)8-3-5-15(19(26)28-2)21-20(29)22-10-13-9-14(12-22)16-6-4-7-17(24)23(16)11-13/h4,6-7,13-15H,3,5,8-12H2,1-2H3,(H,21,29)/t13-,14?,15?/m0/s1. The normalized spacial score (nSPS) is 21.0. The monoisotopic (exact) mass is 421 g/mol. The number of hydrogen-bond donors (Lipinski definition) is 1. The lowest BCUT2D eigenvalue weighted by Crippen LogP contribution is -2.54. The lowest BCUT2D eigenvalue weighted by molar-refractivity contribution is -0.144. The molecule has 29 heavy (non-hydrogen) atoms. The summed E-state index contributed by atoms with van der Waals surface area (Å²) < 4.78 is 11.4. The number of nitrogens with zero attached hydrogens (tertiary/aromatic N) is 2. The van der Waals surface area contributed by atoms with E-state index in [9.17, 15) is 14.4 Å². The highest BCUT2D eigenvalue weighted by Gasteiger charge is 2.36. The van der Waals surface area contributed by atoms with Gasteiger partial charge in [0.1, 0.15) is 6.04 Å². The number of piperidine rings is 1. The van der Waals surface area contributed by atoms with Crippen molar-refractivity contribution in [2.75, 3.05) is 27.3 Å². The Morgan fingerprint density at radius 1 is 1.24 bits per heavy atom. The molecule has 0 saturated carbocycles. The topological polar surface area (TPSA) is 89.9 Å². The van der Waals surface area contributed by atoms with Crippen molar-refractivity contribution >= 4 is 29.3 Å². The number of hydrogen-bond acceptors (Lipinski definition) is 6. The minimum atomic E-state index is -0.617. The number of thiocarbonyl (C=S) groups is 1. The Hall–Kier alpha value is -2.42. The average molecular weight is 422 g/mol. The van der Waals surface area contributed by atoms with Gasteiger partial charge in [-0.15, -0.1) is 0 Å². The molecule has 2 unspecified atom stereocenters. The van der Waals surface area contributed by atoms with E-state index in [1.165, 1.54) is 14.2 Å². The van der Waals surface area contributed by atoms with Crippen molar-refractivity contribution in [2.45, 2.75) is 44.2 Å². The van der Waals surface area contributed by atoms with E-state index in [1.807, 2.05) is 10.6 Å². The molecule has 8 nitrogen and oxygen atoms in total. The zero-order chi connectivity index (χ0) is 21.0. The van der Waals surface area contributed by atoms with Gasteiger partial charge in [0.15, 0.2) is 5.11 Å².